The summed E-state index contributed by atoms with van der Waals surface area (Å²) in [5.74, 6) is -5.32. The predicted molar refractivity (Wildman–Crippen MR) is 184 cm³/mol. The maximum atomic E-state index is 13.6. The first-order valence-electron chi connectivity index (χ1n) is 16.5. The Morgan fingerprint density at radius 2 is 1.57 bits per heavy atom. The van der Waals surface area contributed by atoms with Crippen molar-refractivity contribution in [2.75, 3.05) is 25.0 Å². The molecule has 51 heavy (non-hydrogen) atoms. The highest BCUT2D eigenvalue weighted by Crippen LogP contribution is 2.18. The van der Waals surface area contributed by atoms with Gasteiger partial charge in [0.05, 0.1) is 5.41 Å². The molecule has 0 saturated carbocycles. The number of carboxylic acids is 1. The van der Waals surface area contributed by atoms with E-state index in [1.54, 1.807) is 65.0 Å². The van der Waals surface area contributed by atoms with Crippen molar-refractivity contribution in [3.8, 4) is 0 Å². The van der Waals surface area contributed by atoms with Gasteiger partial charge in [0.15, 0.2) is 0 Å². The first kappa shape index (κ1) is 41.7. The molecule has 17 heteroatoms. The Bertz CT molecular complexity index is 1470. The third-order valence-corrected chi connectivity index (χ3v) is 7.58. The molecule has 1 heterocycles. The topological polar surface area (TPSA) is 255 Å². The van der Waals surface area contributed by atoms with E-state index in [0.717, 1.165) is 0 Å². The fourth-order valence-corrected chi connectivity index (χ4v) is 4.68. The Morgan fingerprint density at radius 3 is 2.12 bits per heavy atom. The summed E-state index contributed by atoms with van der Waals surface area (Å²) in [4.78, 5) is 101. The first-order valence-corrected chi connectivity index (χ1v) is 16.5. The molecule has 7 amide bonds. The summed E-state index contributed by atoms with van der Waals surface area (Å²) in [7, 11) is 0. The summed E-state index contributed by atoms with van der Waals surface area (Å²) in [6, 6.07) is 2.09. The predicted octanol–water partition coefficient (Wildman–Crippen LogP) is 0.537. The molecule has 0 spiro atoms. The first-order chi connectivity index (χ1) is 23.9. The number of aliphatic carboxylic acids is 1. The molecule has 0 radical (unpaired) electrons. The van der Waals surface area contributed by atoms with Gasteiger partial charge < -0.3 is 47.1 Å². The number of hydrogen-bond donors (Lipinski definition) is 7. The molecular formula is C34H49N7O10. The smallest absolute Gasteiger partial charge is 0.312 e. The quantitative estimate of drug-likeness (QED) is 0.0773. The number of nitrogens with two attached hydrogens (primary N) is 1. The number of carbonyl (C=O) groups is 8. The van der Waals surface area contributed by atoms with Gasteiger partial charge in [0.1, 0.15) is 31.3 Å². The van der Waals surface area contributed by atoms with Gasteiger partial charge in [0.25, 0.3) is 0 Å². The molecule has 0 aliphatic carbocycles. The number of nitrogens with one attached hydrogen (secondary N) is 5. The molecule has 1 aliphatic heterocycles. The molecule has 0 bridgehead atoms. The number of benzene rings is 1. The summed E-state index contributed by atoms with van der Waals surface area (Å²) < 4.78 is 5.32. The average molecular weight is 716 g/mol. The van der Waals surface area contributed by atoms with Crippen molar-refractivity contribution < 1.29 is 48.2 Å². The van der Waals surface area contributed by atoms with Gasteiger partial charge in [-0.2, -0.15) is 0 Å². The third kappa shape index (κ3) is 14.9. The van der Waals surface area contributed by atoms with Crippen LogP contribution in [0.15, 0.2) is 36.4 Å². The van der Waals surface area contributed by atoms with Gasteiger partial charge in [-0.1, -0.05) is 32.1 Å². The van der Waals surface area contributed by atoms with Crippen LogP contribution in [-0.2, 0) is 44.9 Å². The minimum atomic E-state index is -1.34. The van der Waals surface area contributed by atoms with Crippen LogP contribution in [0.5, 0.6) is 0 Å². The van der Waals surface area contributed by atoms with Gasteiger partial charge >= 0.3 is 18.0 Å². The van der Waals surface area contributed by atoms with Crippen molar-refractivity contribution in [2.45, 2.75) is 85.0 Å². The van der Waals surface area contributed by atoms with E-state index in [0.29, 0.717) is 11.3 Å². The molecule has 2 rings (SSSR count). The van der Waals surface area contributed by atoms with Crippen molar-refractivity contribution in [3.05, 3.63) is 42.0 Å². The highest BCUT2D eigenvalue weighted by molar-refractivity contribution is 5.99. The molecule has 280 valence electrons. The lowest BCUT2D eigenvalue weighted by Gasteiger charge is -2.27. The summed E-state index contributed by atoms with van der Waals surface area (Å²) in [6.07, 6.45) is 2.44. The third-order valence-electron chi connectivity index (χ3n) is 7.58. The van der Waals surface area contributed by atoms with E-state index < -0.39 is 71.5 Å². The Morgan fingerprint density at radius 1 is 0.922 bits per heavy atom. The van der Waals surface area contributed by atoms with Crippen molar-refractivity contribution >= 4 is 53.2 Å². The van der Waals surface area contributed by atoms with Crippen LogP contribution >= 0.6 is 0 Å². The zero-order valence-electron chi connectivity index (χ0n) is 29.6. The number of esters is 1. The normalized spacial score (nSPS) is 14.2. The van der Waals surface area contributed by atoms with Crippen LogP contribution in [-0.4, -0.2) is 95.3 Å². The van der Waals surface area contributed by atoms with E-state index >= 15 is 0 Å². The second kappa shape index (κ2) is 19.6. The molecule has 3 atom stereocenters. The number of carboxylic acid groups (broad SMARTS) is 1. The Balaban J connectivity index is 2.15. The lowest BCUT2D eigenvalue weighted by molar-refractivity contribution is -0.154. The lowest BCUT2D eigenvalue weighted by atomic mass is 9.97. The van der Waals surface area contributed by atoms with Gasteiger partial charge in [-0.15, -0.1) is 0 Å². The maximum absolute atomic E-state index is 13.6. The van der Waals surface area contributed by atoms with Crippen LogP contribution in [0.25, 0.3) is 0 Å². The van der Waals surface area contributed by atoms with Gasteiger partial charge in [-0.3, -0.25) is 33.6 Å². The number of carbonyl (C=O) groups excluding carboxylic acids is 7. The van der Waals surface area contributed by atoms with Crippen LogP contribution in [0.3, 0.4) is 0 Å². The zero-order valence-corrected chi connectivity index (χ0v) is 29.6. The molecule has 1 aromatic rings. The average Bonchev–Trinajstić information content (AvgIpc) is 3.44. The van der Waals surface area contributed by atoms with E-state index in [-0.39, 0.29) is 57.4 Å². The highest BCUT2D eigenvalue weighted by Gasteiger charge is 2.32. The lowest BCUT2D eigenvalue weighted by Crippen LogP contribution is -2.58. The fraction of sp³-hybridized carbons (Fsp3) is 0.529. The van der Waals surface area contributed by atoms with Crippen LogP contribution in [0.1, 0.15) is 65.9 Å². The Labute approximate surface area is 296 Å². The van der Waals surface area contributed by atoms with E-state index in [4.69, 9.17) is 10.5 Å². The molecule has 0 aromatic heterocycles. The number of nitrogens with zero attached hydrogens (tertiary/aromatic N) is 1. The molecule has 17 nitrogen and oxygen atoms in total. The summed E-state index contributed by atoms with van der Waals surface area (Å²) in [5, 5.41) is 22.0. The Kier molecular flexibility index (Phi) is 16.1. The zero-order chi connectivity index (χ0) is 38.3. The monoisotopic (exact) mass is 715 g/mol. The molecule has 0 fully saturated rings. The van der Waals surface area contributed by atoms with Gasteiger partial charge in [0, 0.05) is 31.3 Å². The second-order valence-electron chi connectivity index (χ2n) is 13.4. The van der Waals surface area contributed by atoms with Crippen molar-refractivity contribution in [1.29, 1.82) is 0 Å². The van der Waals surface area contributed by atoms with Gasteiger partial charge in [-0.05, 0) is 63.6 Å². The van der Waals surface area contributed by atoms with Crippen molar-refractivity contribution in [3.63, 3.8) is 0 Å². The van der Waals surface area contributed by atoms with E-state index in [2.05, 4.69) is 26.6 Å². The number of amides is 7. The number of rotatable bonds is 19. The van der Waals surface area contributed by atoms with Gasteiger partial charge in [0.2, 0.25) is 29.5 Å². The maximum Gasteiger partial charge on any atom is 0.312 e. The summed E-state index contributed by atoms with van der Waals surface area (Å²) in [6.45, 7) is 8.52. The van der Waals surface area contributed by atoms with Gasteiger partial charge in [-0.25, -0.2) is 4.79 Å². The highest BCUT2D eigenvalue weighted by atomic mass is 16.5. The number of primary amides is 1. The number of ether oxygens (including phenoxy) is 1. The van der Waals surface area contributed by atoms with E-state index in [9.17, 15) is 43.5 Å². The summed E-state index contributed by atoms with van der Waals surface area (Å²) >= 11 is 0. The molecule has 8 N–H and O–H groups in total. The molecule has 0 saturated heterocycles. The van der Waals surface area contributed by atoms with Crippen LogP contribution in [0.2, 0.25) is 0 Å². The molecule has 1 aliphatic rings. The number of urea groups is 1. The van der Waals surface area contributed by atoms with Crippen LogP contribution < -0.4 is 32.3 Å². The number of hydrogen-bond acceptors (Lipinski definition) is 9. The Hall–Kier alpha value is -5.48. The second-order valence-corrected chi connectivity index (χ2v) is 13.4. The molecule has 1 aromatic carbocycles. The molecule has 0 unspecified atom stereocenters. The van der Waals surface area contributed by atoms with Crippen LogP contribution in [0, 0.1) is 11.3 Å². The van der Waals surface area contributed by atoms with E-state index in [1.165, 1.54) is 11.0 Å². The standard InChI is InChI=1S/C34H49N7O10/c1-20(2)28(40-30(47)24(14-15-27(44)45)38-25(42)18-41-17-7-9-26(41)43)31(48)39-23(8-6-16-36-33(35)50)29(46)37-22-12-10-21(11-13-22)19-51-32(49)34(3,4)5/h7,9-13,20,23-24,28H,6,8,14-19H2,1-5H3,(H,37,46)(H,38,42)(H,39,48)(H,40,47)(H,44,45)(H3,35,36,50)/t23-,24-,28-/m0/s1. The van der Waals surface area contributed by atoms with Crippen LogP contribution in [0.4, 0.5) is 10.5 Å². The minimum absolute atomic E-state index is 0.0363. The largest absolute Gasteiger partial charge is 0.481 e. The fourth-order valence-electron chi connectivity index (χ4n) is 4.68. The van der Waals surface area contributed by atoms with Crippen molar-refractivity contribution in [2.24, 2.45) is 17.1 Å². The minimum Gasteiger partial charge on any atom is -0.481 e. The van der Waals surface area contributed by atoms with E-state index in [1.807, 2.05) is 0 Å². The summed E-state index contributed by atoms with van der Waals surface area (Å²) in [5.41, 5.74) is 5.54. The SMILES string of the molecule is CC(C)[C@H](NC(=O)[C@H](CCC(=O)O)NC(=O)CN1CC=CC1=O)C(=O)N[C@@H](CCCNC(N)=O)C(=O)Nc1ccc(COC(=O)C(C)(C)C)cc1. The number of anilines is 1. The molecular weight excluding hydrogens is 666 g/mol. The van der Waals surface area contributed by atoms with Crippen molar-refractivity contribution in [1.82, 2.24) is 26.2 Å².